The normalized spacial score (nSPS) is 10.8. The molecule has 0 aliphatic heterocycles. The average Bonchev–Trinajstić information content (AvgIpc) is 3.47. The second-order valence-electron chi connectivity index (χ2n) is 7.55. The van der Waals surface area contributed by atoms with E-state index in [0.29, 0.717) is 36.9 Å². The maximum atomic E-state index is 12.8. The van der Waals surface area contributed by atoms with Crippen LogP contribution in [-0.2, 0) is 17.9 Å². The summed E-state index contributed by atoms with van der Waals surface area (Å²) >= 11 is 0. The topological polar surface area (TPSA) is 69.7 Å². The summed E-state index contributed by atoms with van der Waals surface area (Å²) in [5, 5.41) is 4.76. The van der Waals surface area contributed by atoms with Crippen molar-refractivity contribution in [1.82, 2.24) is 14.7 Å². The van der Waals surface area contributed by atoms with Gasteiger partial charge in [0.1, 0.15) is 5.76 Å². The van der Waals surface area contributed by atoms with Crippen molar-refractivity contribution in [3.8, 4) is 23.1 Å². The molecule has 2 heterocycles. The van der Waals surface area contributed by atoms with E-state index in [1.165, 1.54) is 0 Å². The number of para-hydroxylation sites is 3. The Balaban J connectivity index is 1.78. The Morgan fingerprint density at radius 1 is 1.00 bits per heavy atom. The van der Waals surface area contributed by atoms with Gasteiger partial charge in [0.25, 0.3) is 0 Å². The predicted molar refractivity (Wildman–Crippen MR) is 125 cm³/mol. The molecule has 0 atom stereocenters. The molecule has 7 heteroatoms. The van der Waals surface area contributed by atoms with Crippen LogP contribution in [0.25, 0.3) is 5.69 Å². The molecule has 0 saturated carbocycles. The van der Waals surface area contributed by atoms with E-state index in [9.17, 15) is 4.79 Å². The van der Waals surface area contributed by atoms with Crippen LogP contribution in [0.15, 0.2) is 77.4 Å². The molecule has 1 amide bonds. The Hall–Kier alpha value is -4.00. The minimum absolute atomic E-state index is 0.0153. The molecule has 0 N–H and O–H groups in total. The third kappa shape index (κ3) is 4.92. The molecule has 0 radical (unpaired) electrons. The van der Waals surface area contributed by atoms with Crippen LogP contribution >= 0.6 is 0 Å². The minimum Gasteiger partial charge on any atom is -0.493 e. The molecule has 0 unspecified atom stereocenters. The van der Waals surface area contributed by atoms with E-state index in [2.05, 4.69) is 0 Å². The lowest BCUT2D eigenvalue weighted by molar-refractivity contribution is -0.132. The fourth-order valence-corrected chi connectivity index (χ4v) is 3.61. The van der Waals surface area contributed by atoms with Crippen LogP contribution in [0, 0.1) is 6.92 Å². The number of hydrogen-bond acceptors (Lipinski definition) is 5. The first kappa shape index (κ1) is 22.2. The first-order valence-electron chi connectivity index (χ1n) is 10.9. The number of rotatable bonds is 9. The van der Waals surface area contributed by atoms with Crippen molar-refractivity contribution >= 4 is 5.91 Å². The van der Waals surface area contributed by atoms with Gasteiger partial charge in [-0.05, 0) is 43.3 Å². The summed E-state index contributed by atoms with van der Waals surface area (Å²) in [6, 6.07) is 20.9. The number of carbonyl (C=O) groups is 1. The fraction of sp³-hybridized carbons (Fsp3) is 0.231. The number of aryl methyl sites for hydroxylation is 1. The molecule has 7 nitrogen and oxygen atoms in total. The Morgan fingerprint density at radius 3 is 2.39 bits per heavy atom. The molecular weight excluding hydrogens is 418 g/mol. The van der Waals surface area contributed by atoms with E-state index < -0.39 is 0 Å². The van der Waals surface area contributed by atoms with E-state index in [-0.39, 0.29) is 5.91 Å². The largest absolute Gasteiger partial charge is 0.493 e. The zero-order chi connectivity index (χ0) is 23.2. The van der Waals surface area contributed by atoms with Gasteiger partial charge in [-0.3, -0.25) is 4.79 Å². The average molecular weight is 446 g/mol. The first-order chi connectivity index (χ1) is 16.1. The third-order valence-electron chi connectivity index (χ3n) is 5.34. The van der Waals surface area contributed by atoms with Crippen LogP contribution in [-0.4, -0.2) is 27.7 Å². The number of amides is 1. The highest BCUT2D eigenvalue weighted by molar-refractivity contribution is 5.76. The zero-order valence-corrected chi connectivity index (χ0v) is 19.0. The van der Waals surface area contributed by atoms with Crippen LogP contribution in [0.4, 0.5) is 0 Å². The quantitative estimate of drug-likeness (QED) is 0.340. The Labute approximate surface area is 193 Å². The highest BCUT2D eigenvalue weighted by atomic mass is 16.5. The third-order valence-corrected chi connectivity index (χ3v) is 5.34. The van der Waals surface area contributed by atoms with Gasteiger partial charge in [0, 0.05) is 6.42 Å². The van der Waals surface area contributed by atoms with E-state index in [1.807, 2.05) is 80.6 Å². The summed E-state index contributed by atoms with van der Waals surface area (Å²) in [4.78, 5) is 14.6. The molecule has 33 heavy (non-hydrogen) atoms. The second kappa shape index (κ2) is 10.1. The Kier molecular flexibility index (Phi) is 6.78. The lowest BCUT2D eigenvalue weighted by Crippen LogP contribution is -2.29. The van der Waals surface area contributed by atoms with Gasteiger partial charge in [-0.2, -0.15) is 5.10 Å². The lowest BCUT2D eigenvalue weighted by atomic mass is 10.2. The summed E-state index contributed by atoms with van der Waals surface area (Å²) in [7, 11) is 1.61. The van der Waals surface area contributed by atoms with Crippen molar-refractivity contribution in [2.45, 2.75) is 33.4 Å². The smallest absolute Gasteiger partial charge is 0.228 e. The second-order valence-corrected chi connectivity index (χ2v) is 7.55. The molecule has 0 saturated heterocycles. The first-order valence-corrected chi connectivity index (χ1v) is 10.9. The molecule has 0 spiro atoms. The summed E-state index contributed by atoms with van der Waals surface area (Å²) in [5.74, 6) is 2.45. The number of nitrogens with zero attached hydrogens (tertiary/aromatic N) is 3. The van der Waals surface area contributed by atoms with Crippen molar-refractivity contribution < 1.29 is 18.7 Å². The van der Waals surface area contributed by atoms with Gasteiger partial charge in [0.15, 0.2) is 11.5 Å². The van der Waals surface area contributed by atoms with Crippen molar-refractivity contribution in [1.29, 1.82) is 0 Å². The number of methoxy groups -OCH3 is 1. The van der Waals surface area contributed by atoms with E-state index >= 15 is 0 Å². The van der Waals surface area contributed by atoms with Gasteiger partial charge < -0.3 is 18.8 Å². The van der Waals surface area contributed by atoms with E-state index in [1.54, 1.807) is 23.0 Å². The highest BCUT2D eigenvalue weighted by Crippen LogP contribution is 2.36. The Bertz CT molecular complexity index is 1200. The molecule has 0 aliphatic rings. The van der Waals surface area contributed by atoms with Crippen LogP contribution in [0.3, 0.4) is 0 Å². The summed E-state index contributed by atoms with van der Waals surface area (Å²) in [6.45, 7) is 4.47. The van der Waals surface area contributed by atoms with Crippen LogP contribution in [0.1, 0.15) is 30.4 Å². The van der Waals surface area contributed by atoms with Crippen molar-refractivity contribution in [2.24, 2.45) is 0 Å². The van der Waals surface area contributed by atoms with Crippen LogP contribution in [0.5, 0.6) is 17.4 Å². The maximum Gasteiger partial charge on any atom is 0.228 e. The van der Waals surface area contributed by atoms with Crippen molar-refractivity contribution in [2.75, 3.05) is 7.11 Å². The molecular formula is C26H27N3O4. The molecule has 4 aromatic rings. The number of carbonyl (C=O) groups excluding carboxylic acids is 1. The van der Waals surface area contributed by atoms with Crippen molar-refractivity contribution in [3.63, 3.8) is 0 Å². The minimum atomic E-state index is 0.0153. The zero-order valence-electron chi connectivity index (χ0n) is 19.0. The molecule has 4 rings (SSSR count). The number of benzene rings is 2. The molecule has 0 aliphatic carbocycles. The van der Waals surface area contributed by atoms with Crippen LogP contribution < -0.4 is 9.47 Å². The number of aromatic nitrogens is 2. The fourth-order valence-electron chi connectivity index (χ4n) is 3.61. The molecule has 2 aromatic carbocycles. The number of hydrogen-bond donors (Lipinski definition) is 0. The lowest BCUT2D eigenvalue weighted by Gasteiger charge is -2.22. The van der Waals surface area contributed by atoms with Crippen molar-refractivity contribution in [3.05, 3.63) is 90.0 Å². The predicted octanol–water partition coefficient (Wildman–Crippen LogP) is 5.51. The molecule has 0 fully saturated rings. The SMILES string of the molecule is CCC(=O)N(Cc1ccco1)Cc1c(C)nn(-c2ccccc2)c1Oc1ccccc1OC. The van der Waals surface area contributed by atoms with Gasteiger partial charge in [-0.25, -0.2) is 4.68 Å². The monoisotopic (exact) mass is 445 g/mol. The number of ether oxygens (including phenoxy) is 2. The molecule has 0 bridgehead atoms. The maximum absolute atomic E-state index is 12.8. The summed E-state index contributed by atoms with van der Waals surface area (Å²) in [6.07, 6.45) is 1.99. The van der Waals surface area contributed by atoms with Crippen LogP contribution in [0.2, 0.25) is 0 Å². The summed E-state index contributed by atoms with van der Waals surface area (Å²) < 4.78 is 19.1. The summed E-state index contributed by atoms with van der Waals surface area (Å²) in [5.41, 5.74) is 2.45. The highest BCUT2D eigenvalue weighted by Gasteiger charge is 2.24. The van der Waals surface area contributed by atoms with E-state index in [0.717, 1.165) is 22.7 Å². The van der Waals surface area contributed by atoms with Gasteiger partial charge in [-0.1, -0.05) is 37.3 Å². The molecule has 170 valence electrons. The Morgan fingerprint density at radius 2 is 1.73 bits per heavy atom. The van der Waals surface area contributed by atoms with Gasteiger partial charge in [0.2, 0.25) is 11.8 Å². The van der Waals surface area contributed by atoms with Gasteiger partial charge in [0.05, 0.1) is 43.4 Å². The molecule has 2 aromatic heterocycles. The number of furan rings is 1. The standard InChI is InChI=1S/C26H27N3O4/c1-4-25(30)28(17-21-13-10-16-32-21)18-22-19(2)27-29(20-11-6-5-7-12-20)26(22)33-24-15-9-8-14-23(24)31-3/h5-16H,4,17-18H2,1-3H3. The van der Waals surface area contributed by atoms with E-state index in [4.69, 9.17) is 19.0 Å². The van der Waals surface area contributed by atoms with Gasteiger partial charge >= 0.3 is 0 Å². The van der Waals surface area contributed by atoms with Gasteiger partial charge in [-0.15, -0.1) is 0 Å².